The van der Waals surface area contributed by atoms with Gasteiger partial charge >= 0.3 is 0 Å². The molecule has 0 aliphatic carbocycles. The summed E-state index contributed by atoms with van der Waals surface area (Å²) in [6.45, 7) is 2.29. The Bertz CT molecular complexity index is 2040. The highest BCUT2D eigenvalue weighted by atomic mass is 32.1. The second-order valence-electron chi connectivity index (χ2n) is 15.6. The number of aliphatic hydroxyl groups excluding tert-OH is 3. The Kier molecular flexibility index (Phi) is 20.3. The topological polar surface area (TPSA) is 378 Å². The quantitative estimate of drug-likeness (QED) is 0.0347. The van der Waals surface area contributed by atoms with Crippen LogP contribution in [0.3, 0.4) is 0 Å². The Morgan fingerprint density at radius 1 is 0.969 bits per heavy atom. The van der Waals surface area contributed by atoms with Crippen LogP contribution in [0.15, 0.2) is 23.2 Å². The number of fused-ring (bicyclic) bond motifs is 1. The second kappa shape index (κ2) is 24.6. The first-order valence-electron chi connectivity index (χ1n) is 20.3. The van der Waals surface area contributed by atoms with E-state index in [1.54, 1.807) is 13.8 Å². The van der Waals surface area contributed by atoms with Crippen molar-refractivity contribution in [1.29, 1.82) is 0 Å². The summed E-state index contributed by atoms with van der Waals surface area (Å²) in [5.41, 5.74) is 11.8. The number of β-amino-alcohol motifs (C(OH)–C–C–N with tert-alkyl or cyclic N) is 1. The summed E-state index contributed by atoms with van der Waals surface area (Å²) in [5, 5.41) is 56.4. The van der Waals surface area contributed by atoms with E-state index in [-0.39, 0.29) is 35.9 Å². The summed E-state index contributed by atoms with van der Waals surface area (Å²) in [5.74, 6) is -8.78. The number of aliphatic hydroxyl groups is 3. The molecular weight excluding hydrogens is 881 g/mol. The average molecular weight is 939 g/mol. The first kappa shape index (κ1) is 52.9. The minimum absolute atomic E-state index is 0.0300. The molecule has 0 spiro atoms. The van der Waals surface area contributed by atoms with Crippen LogP contribution in [0, 0.1) is 11.8 Å². The largest absolute Gasteiger partial charge is 0.508 e. The molecule has 2 aromatic rings. The molecule has 23 nitrogen and oxygen atoms in total. The fraction of sp³-hybridized carbons (Fsp3) is 0.564. The number of benzene rings is 1. The number of aromatic amines is 1. The van der Waals surface area contributed by atoms with Gasteiger partial charge in [-0.25, -0.2) is 0 Å². The van der Waals surface area contributed by atoms with E-state index >= 15 is 0 Å². The summed E-state index contributed by atoms with van der Waals surface area (Å²) >= 11 is 8.45. The van der Waals surface area contributed by atoms with Crippen molar-refractivity contribution in [2.75, 3.05) is 32.0 Å². The van der Waals surface area contributed by atoms with Crippen LogP contribution in [0.5, 0.6) is 5.75 Å². The molecule has 0 bridgehead atoms. The predicted molar refractivity (Wildman–Crippen MR) is 234 cm³/mol. The zero-order chi connectivity index (χ0) is 48.0. The number of nitrogens with zero attached hydrogens (tertiary/aromatic N) is 1. The van der Waals surface area contributed by atoms with Crippen LogP contribution in [-0.4, -0.2) is 164 Å². The van der Waals surface area contributed by atoms with Crippen molar-refractivity contribution in [2.45, 2.75) is 99.9 Å². The summed E-state index contributed by atoms with van der Waals surface area (Å²) in [4.78, 5) is 120. The van der Waals surface area contributed by atoms with Gasteiger partial charge in [-0.2, -0.15) is 12.6 Å². The first-order chi connectivity index (χ1) is 30.1. The SMILES string of the molecule is CC[C@H](C)[C@H](NC(=O)CNC(=O)[C@H](Cc1c(S)[nH]c2cc(O)ccc12)NC(=O)[C@@H](NC(=O)[C@@H]1CC(O)CN1C(=O)[C@@H](N)CC(N)=O)[C@@H](C)[C@@H](O)CO)C(=O)NCC(=O)N[C@H](C=O)CS. The number of phenols is 1. The van der Waals surface area contributed by atoms with Gasteiger partial charge in [-0.15, -0.1) is 12.6 Å². The number of nitrogens with two attached hydrogens (primary N) is 2. The highest BCUT2D eigenvalue weighted by Gasteiger charge is 2.43. The number of hydrogen-bond acceptors (Lipinski definition) is 16. The van der Waals surface area contributed by atoms with Crippen LogP contribution in [0.1, 0.15) is 45.6 Å². The maximum absolute atomic E-state index is 14.2. The van der Waals surface area contributed by atoms with Crippen LogP contribution < -0.4 is 43.4 Å². The highest BCUT2D eigenvalue weighted by Crippen LogP contribution is 2.29. The predicted octanol–water partition coefficient (Wildman–Crippen LogP) is -4.80. The minimum atomic E-state index is -1.71. The number of aldehydes is 1. The van der Waals surface area contributed by atoms with Gasteiger partial charge in [-0.3, -0.25) is 38.4 Å². The molecule has 1 fully saturated rings. The van der Waals surface area contributed by atoms with Crippen LogP contribution >= 0.6 is 25.3 Å². The lowest BCUT2D eigenvalue weighted by molar-refractivity contribution is -0.142. The number of amides is 8. The van der Waals surface area contributed by atoms with Gasteiger partial charge in [-0.05, 0) is 23.6 Å². The van der Waals surface area contributed by atoms with Crippen molar-refractivity contribution in [3.8, 4) is 5.75 Å². The molecule has 15 N–H and O–H groups in total. The Morgan fingerprint density at radius 3 is 2.20 bits per heavy atom. The molecule has 8 amide bonds. The Morgan fingerprint density at radius 2 is 1.61 bits per heavy atom. The second-order valence-corrected chi connectivity index (χ2v) is 16.4. The molecule has 1 unspecified atom stereocenters. The van der Waals surface area contributed by atoms with E-state index in [0.717, 1.165) is 4.90 Å². The van der Waals surface area contributed by atoms with Crippen molar-refractivity contribution in [1.82, 2.24) is 41.8 Å². The number of aromatic nitrogens is 1. The molecule has 64 heavy (non-hydrogen) atoms. The fourth-order valence-corrected chi connectivity index (χ4v) is 7.39. The third kappa shape index (κ3) is 14.5. The molecule has 1 aromatic heterocycles. The van der Waals surface area contributed by atoms with Gasteiger partial charge in [0.25, 0.3) is 0 Å². The third-order valence-electron chi connectivity index (χ3n) is 10.8. The number of rotatable bonds is 24. The number of nitrogens with one attached hydrogen (secondary N) is 7. The molecule has 1 aliphatic rings. The maximum Gasteiger partial charge on any atom is 0.243 e. The number of H-pyrrole nitrogens is 1. The van der Waals surface area contributed by atoms with E-state index in [2.05, 4.69) is 62.1 Å². The smallest absolute Gasteiger partial charge is 0.243 e. The number of aromatic hydroxyl groups is 1. The molecule has 1 aliphatic heterocycles. The number of phenolic OH excluding ortho intramolecular Hbond substituents is 1. The molecule has 1 aromatic carbocycles. The summed E-state index contributed by atoms with van der Waals surface area (Å²) < 4.78 is 0. The molecule has 2 heterocycles. The van der Waals surface area contributed by atoms with E-state index in [1.807, 2.05) is 0 Å². The first-order valence-corrected chi connectivity index (χ1v) is 21.4. The van der Waals surface area contributed by atoms with Gasteiger partial charge in [-0.1, -0.05) is 27.2 Å². The number of hydrogen-bond donors (Lipinski definition) is 15. The van der Waals surface area contributed by atoms with Crippen molar-refractivity contribution in [3.63, 3.8) is 0 Å². The summed E-state index contributed by atoms with van der Waals surface area (Å²) in [6, 6.07) is -3.87. The van der Waals surface area contributed by atoms with E-state index in [4.69, 9.17) is 11.5 Å². The van der Waals surface area contributed by atoms with Gasteiger partial charge in [0.15, 0.2) is 0 Å². The van der Waals surface area contributed by atoms with Gasteiger partial charge in [0.2, 0.25) is 47.3 Å². The molecule has 0 radical (unpaired) electrons. The Balaban J connectivity index is 1.89. The lowest BCUT2D eigenvalue weighted by Gasteiger charge is -2.32. The Hall–Kier alpha value is -5.47. The summed E-state index contributed by atoms with van der Waals surface area (Å²) in [6.07, 6.45) is -3.09. The summed E-state index contributed by atoms with van der Waals surface area (Å²) in [7, 11) is 0. The maximum atomic E-state index is 14.2. The number of carbonyl (C=O) groups excluding carboxylic acids is 9. The number of likely N-dealkylation sites (tertiary alicyclic amines) is 1. The zero-order valence-electron chi connectivity index (χ0n) is 35.4. The van der Waals surface area contributed by atoms with E-state index in [9.17, 15) is 63.6 Å². The van der Waals surface area contributed by atoms with Crippen LogP contribution in [-0.2, 0) is 49.6 Å². The van der Waals surface area contributed by atoms with Crippen molar-refractivity contribution in [3.05, 3.63) is 23.8 Å². The molecule has 1 saturated heterocycles. The molecule has 10 atom stereocenters. The van der Waals surface area contributed by atoms with Crippen molar-refractivity contribution in [2.24, 2.45) is 23.3 Å². The van der Waals surface area contributed by atoms with Gasteiger partial charge in [0, 0.05) is 42.5 Å². The number of carbonyl (C=O) groups is 9. The zero-order valence-corrected chi connectivity index (χ0v) is 37.2. The van der Waals surface area contributed by atoms with Gasteiger partial charge < -0.3 is 78.5 Å². The molecule has 354 valence electrons. The molecule has 3 rings (SSSR count). The van der Waals surface area contributed by atoms with Crippen LogP contribution in [0.25, 0.3) is 10.9 Å². The molecule has 25 heteroatoms. The minimum Gasteiger partial charge on any atom is -0.508 e. The van der Waals surface area contributed by atoms with Crippen molar-refractivity contribution < 1.29 is 63.6 Å². The highest BCUT2D eigenvalue weighted by molar-refractivity contribution is 7.80. The molecular formula is C39H58N10O13S2. The van der Waals surface area contributed by atoms with Crippen molar-refractivity contribution >= 4 is 89.7 Å². The average Bonchev–Trinajstić information content (AvgIpc) is 3.80. The number of thiol groups is 2. The standard InChI is InChI=1S/C39H58N10O13S2/c1-4-17(2)32(36(60)43-11-30(56)44-19(14-50)16-63)47-31(57)12-42-34(58)26(9-23-22-6-5-20(52)7-25(22)46-38(23)64)45-37(61)33(18(3)28(54)15-51)48-35(59)27-8-21(53)13-49(27)39(62)24(40)10-29(41)55/h5-7,14,17-19,21,24,26-28,32-33,46,51-54,63-64H,4,8-13,15-16,40H2,1-3H3,(H2,41,55)(H,42,58)(H,43,60)(H,44,56)(H,45,61)(H,47,57)(H,48,59)/t17-,18-,19+,21?,24-,26-,27-,28-,32-,33-/m0/s1. The van der Waals surface area contributed by atoms with E-state index < -0.39 is 134 Å². The van der Waals surface area contributed by atoms with E-state index in [0.29, 0.717) is 29.2 Å². The monoisotopic (exact) mass is 938 g/mol. The van der Waals surface area contributed by atoms with Crippen LogP contribution in [0.2, 0.25) is 0 Å². The van der Waals surface area contributed by atoms with E-state index in [1.165, 1.54) is 25.1 Å². The Labute approximate surface area is 378 Å². The van der Waals surface area contributed by atoms with Crippen LogP contribution in [0.4, 0.5) is 0 Å². The van der Waals surface area contributed by atoms with Gasteiger partial charge in [0.05, 0.1) is 61.0 Å². The fourth-order valence-electron chi connectivity index (χ4n) is 6.88. The lowest BCUT2D eigenvalue weighted by Crippen LogP contribution is -2.61. The third-order valence-corrected chi connectivity index (χ3v) is 11.6. The number of primary amides is 1. The lowest BCUT2D eigenvalue weighted by atomic mass is 9.93. The van der Waals surface area contributed by atoms with Gasteiger partial charge in [0.1, 0.15) is 36.2 Å². The normalized spacial score (nSPS) is 18.5. The molecule has 0 saturated carbocycles.